The lowest BCUT2D eigenvalue weighted by molar-refractivity contribution is -0.117. The molecule has 0 aliphatic heterocycles. The third kappa shape index (κ3) is 3.89. The van der Waals surface area contributed by atoms with Crippen LogP contribution in [-0.2, 0) is 24.1 Å². The molecule has 1 aliphatic rings. The van der Waals surface area contributed by atoms with E-state index in [1.807, 2.05) is 24.1 Å². The third-order valence-corrected chi connectivity index (χ3v) is 5.65. The Bertz CT molecular complexity index is 1280. The van der Waals surface area contributed by atoms with Gasteiger partial charge in [-0.2, -0.15) is 5.10 Å². The first-order chi connectivity index (χ1) is 15.6. The fourth-order valence-electron chi connectivity index (χ4n) is 4.07. The minimum absolute atomic E-state index is 0.0873. The Morgan fingerprint density at radius 2 is 2.06 bits per heavy atom. The minimum Gasteiger partial charge on any atom is -0.481 e. The molecular weight excluding hydrogens is 406 g/mol. The smallest absolute Gasteiger partial charge is 0.212 e. The average Bonchev–Trinajstić information content (AvgIpc) is 3.47. The van der Waals surface area contributed by atoms with E-state index in [2.05, 4.69) is 20.2 Å². The van der Waals surface area contributed by atoms with E-state index >= 15 is 0 Å². The molecule has 4 aromatic heterocycles. The highest BCUT2D eigenvalue weighted by molar-refractivity contribution is 5.85. The Labute approximate surface area is 184 Å². The zero-order chi connectivity index (χ0) is 22.1. The lowest BCUT2D eigenvalue weighted by Gasteiger charge is -2.21. The Morgan fingerprint density at radius 3 is 2.88 bits per heavy atom. The molecule has 0 spiro atoms. The van der Waals surface area contributed by atoms with E-state index in [-0.39, 0.29) is 12.3 Å². The predicted octanol–water partition coefficient (Wildman–Crippen LogP) is 2.56. The van der Waals surface area contributed by atoms with Crippen molar-refractivity contribution in [2.75, 3.05) is 25.6 Å². The number of rotatable bonds is 7. The van der Waals surface area contributed by atoms with E-state index < -0.39 is 0 Å². The molecule has 0 unspecified atom stereocenters. The summed E-state index contributed by atoms with van der Waals surface area (Å²) >= 11 is 0. The molecule has 0 amide bonds. The van der Waals surface area contributed by atoms with Gasteiger partial charge < -0.3 is 9.64 Å². The summed E-state index contributed by atoms with van der Waals surface area (Å²) < 4.78 is 5.08. The summed E-state index contributed by atoms with van der Waals surface area (Å²) in [4.78, 5) is 33.0. The maximum atomic E-state index is 12.8. The number of nitrogens with zero attached hydrogens (tertiary/aromatic N) is 6. The zero-order valence-corrected chi connectivity index (χ0v) is 18.0. The van der Waals surface area contributed by atoms with Crippen molar-refractivity contribution in [1.29, 1.82) is 0 Å². The second-order valence-electron chi connectivity index (χ2n) is 7.96. The topological polar surface area (TPSA) is 110 Å². The van der Waals surface area contributed by atoms with Crippen LogP contribution in [0.3, 0.4) is 0 Å². The molecule has 9 nitrogen and oxygen atoms in total. The normalized spacial score (nSPS) is 12.7. The summed E-state index contributed by atoms with van der Waals surface area (Å²) in [6, 6.07) is 5.56. The van der Waals surface area contributed by atoms with E-state index in [4.69, 9.17) is 14.7 Å². The van der Waals surface area contributed by atoms with Gasteiger partial charge in [0.15, 0.2) is 11.6 Å². The Balaban J connectivity index is 1.39. The molecule has 0 radical (unpaired) electrons. The quantitative estimate of drug-likeness (QED) is 0.477. The zero-order valence-electron chi connectivity index (χ0n) is 18.0. The fourth-order valence-corrected chi connectivity index (χ4v) is 4.07. The molecule has 162 valence electrons. The Kier molecular flexibility index (Phi) is 5.22. The van der Waals surface area contributed by atoms with Gasteiger partial charge >= 0.3 is 0 Å². The van der Waals surface area contributed by atoms with Crippen LogP contribution >= 0.6 is 0 Å². The van der Waals surface area contributed by atoms with Gasteiger partial charge in [-0.25, -0.2) is 15.0 Å². The standard InChI is InChI=1S/C23H23N7O2/c1-30(13-16(31)8-14-6-7-21(32-2)25-10-14)23-17-4-3-5-18(17)27-22(28-23)19-9-15-11-26-29-20(15)12-24-19/h6-7,9-12H,3-5,8,13H2,1-2H3,(H,26,29). The molecule has 0 bridgehead atoms. The van der Waals surface area contributed by atoms with Gasteiger partial charge in [-0.1, -0.05) is 6.07 Å². The summed E-state index contributed by atoms with van der Waals surface area (Å²) in [5, 5.41) is 7.92. The van der Waals surface area contributed by atoms with E-state index in [1.54, 1.807) is 31.8 Å². The van der Waals surface area contributed by atoms with Crippen LogP contribution < -0.4 is 9.64 Å². The summed E-state index contributed by atoms with van der Waals surface area (Å²) in [5.41, 5.74) is 4.58. The maximum absolute atomic E-state index is 12.8. The van der Waals surface area contributed by atoms with Crippen molar-refractivity contribution < 1.29 is 9.53 Å². The molecule has 4 aromatic rings. The van der Waals surface area contributed by atoms with Crippen LogP contribution in [0.4, 0.5) is 5.82 Å². The number of anilines is 1. The molecule has 1 N–H and O–H groups in total. The second kappa shape index (κ2) is 8.33. The number of carbonyl (C=O) groups is 1. The van der Waals surface area contributed by atoms with Crippen LogP contribution in [0.15, 0.2) is 36.8 Å². The SMILES string of the molecule is COc1ccc(CC(=O)CN(C)c2nc(-c3cc4cn[nH]c4cn3)nc3c2CCC3)cn1. The molecule has 0 fully saturated rings. The van der Waals surface area contributed by atoms with Crippen molar-refractivity contribution in [3.63, 3.8) is 0 Å². The molecular formula is C23H23N7O2. The van der Waals surface area contributed by atoms with Gasteiger partial charge in [-0.3, -0.25) is 14.9 Å². The van der Waals surface area contributed by atoms with Gasteiger partial charge in [0.05, 0.1) is 31.6 Å². The lowest BCUT2D eigenvalue weighted by Crippen LogP contribution is -2.28. The van der Waals surface area contributed by atoms with E-state index in [9.17, 15) is 4.79 Å². The monoisotopic (exact) mass is 429 g/mol. The van der Waals surface area contributed by atoms with Crippen molar-refractivity contribution in [2.24, 2.45) is 0 Å². The highest BCUT2D eigenvalue weighted by Gasteiger charge is 2.23. The van der Waals surface area contributed by atoms with Crippen molar-refractivity contribution >= 4 is 22.5 Å². The van der Waals surface area contributed by atoms with Gasteiger partial charge in [0.2, 0.25) is 5.88 Å². The number of ketones is 1. The van der Waals surface area contributed by atoms with Gasteiger partial charge in [0.25, 0.3) is 0 Å². The summed E-state index contributed by atoms with van der Waals surface area (Å²) in [7, 11) is 3.47. The van der Waals surface area contributed by atoms with E-state index in [0.717, 1.165) is 52.8 Å². The average molecular weight is 429 g/mol. The summed E-state index contributed by atoms with van der Waals surface area (Å²) in [5.74, 6) is 1.99. The first-order valence-corrected chi connectivity index (χ1v) is 10.5. The van der Waals surface area contributed by atoms with Crippen LogP contribution in [0.5, 0.6) is 5.88 Å². The van der Waals surface area contributed by atoms with Crippen LogP contribution in [0.1, 0.15) is 23.2 Å². The molecule has 32 heavy (non-hydrogen) atoms. The number of methoxy groups -OCH3 is 1. The van der Waals surface area contributed by atoms with Gasteiger partial charge in [0.1, 0.15) is 11.5 Å². The fraction of sp³-hybridized carbons (Fsp3) is 0.304. The second-order valence-corrected chi connectivity index (χ2v) is 7.96. The molecule has 0 atom stereocenters. The number of ether oxygens (including phenoxy) is 1. The largest absolute Gasteiger partial charge is 0.481 e. The highest BCUT2D eigenvalue weighted by atomic mass is 16.5. The van der Waals surface area contributed by atoms with Crippen molar-refractivity contribution in [1.82, 2.24) is 30.1 Å². The molecule has 0 aromatic carbocycles. The molecule has 9 heteroatoms. The number of likely N-dealkylation sites (N-methyl/N-ethyl adjacent to an activating group) is 1. The van der Waals surface area contributed by atoms with Crippen LogP contribution in [0.25, 0.3) is 22.4 Å². The number of hydrogen-bond acceptors (Lipinski definition) is 8. The van der Waals surface area contributed by atoms with E-state index in [1.165, 1.54) is 0 Å². The van der Waals surface area contributed by atoms with Crippen LogP contribution in [0.2, 0.25) is 0 Å². The Morgan fingerprint density at radius 1 is 1.16 bits per heavy atom. The van der Waals surface area contributed by atoms with Gasteiger partial charge in [-0.05, 0) is 30.9 Å². The molecule has 5 rings (SSSR count). The first-order valence-electron chi connectivity index (χ1n) is 10.5. The summed E-state index contributed by atoms with van der Waals surface area (Å²) in [6.45, 7) is 0.253. The molecule has 4 heterocycles. The third-order valence-electron chi connectivity index (χ3n) is 5.65. The minimum atomic E-state index is 0.0873. The van der Waals surface area contributed by atoms with Gasteiger partial charge in [-0.15, -0.1) is 0 Å². The number of Topliss-reactive ketones (excluding diaryl/α,β-unsaturated/α-hetero) is 1. The van der Waals surface area contributed by atoms with Crippen molar-refractivity contribution in [3.8, 4) is 17.4 Å². The lowest BCUT2D eigenvalue weighted by atomic mass is 10.1. The summed E-state index contributed by atoms with van der Waals surface area (Å²) in [6.07, 6.45) is 8.34. The number of aromatic amines is 1. The molecule has 0 saturated heterocycles. The number of H-pyrrole nitrogens is 1. The number of hydrogen-bond donors (Lipinski definition) is 1. The predicted molar refractivity (Wildman–Crippen MR) is 120 cm³/mol. The molecule has 0 saturated carbocycles. The number of carbonyl (C=O) groups excluding carboxylic acids is 1. The number of fused-ring (bicyclic) bond motifs is 2. The first kappa shape index (κ1) is 20.0. The molecule has 1 aliphatic carbocycles. The van der Waals surface area contributed by atoms with Crippen molar-refractivity contribution in [2.45, 2.75) is 25.7 Å². The number of nitrogens with one attached hydrogen (secondary N) is 1. The van der Waals surface area contributed by atoms with E-state index in [0.29, 0.717) is 23.8 Å². The number of aryl methyl sites for hydroxylation is 1. The number of aromatic nitrogens is 6. The van der Waals surface area contributed by atoms with Crippen LogP contribution in [-0.4, -0.2) is 56.6 Å². The van der Waals surface area contributed by atoms with Gasteiger partial charge in [0, 0.05) is 42.4 Å². The Hall–Kier alpha value is -3.88. The van der Waals surface area contributed by atoms with Crippen LogP contribution in [0, 0.1) is 0 Å². The highest BCUT2D eigenvalue weighted by Crippen LogP contribution is 2.31. The maximum Gasteiger partial charge on any atom is 0.212 e. The number of pyridine rings is 2. The van der Waals surface area contributed by atoms with Crippen molar-refractivity contribution in [3.05, 3.63) is 53.6 Å².